The summed E-state index contributed by atoms with van der Waals surface area (Å²) >= 11 is 6.10. The van der Waals surface area contributed by atoms with Crippen molar-refractivity contribution in [2.45, 2.75) is 53.1 Å². The van der Waals surface area contributed by atoms with E-state index in [9.17, 15) is 9.59 Å². The molecular formula is C24H31ClN2O3. The molecule has 0 aromatic heterocycles. The Bertz CT molecular complexity index is 849. The quantitative estimate of drug-likeness (QED) is 0.557. The molecule has 2 rings (SSSR count). The number of amides is 2. The summed E-state index contributed by atoms with van der Waals surface area (Å²) in [4.78, 5) is 27.2. The van der Waals surface area contributed by atoms with Gasteiger partial charge in [0.25, 0.3) is 5.91 Å². The first-order chi connectivity index (χ1) is 14.3. The number of carbonyl (C=O) groups excluding carboxylic acids is 2. The van der Waals surface area contributed by atoms with E-state index >= 15 is 0 Å². The lowest BCUT2D eigenvalue weighted by Gasteiger charge is -2.29. The molecule has 0 bridgehead atoms. The average Bonchev–Trinajstić information content (AvgIpc) is 2.69. The fourth-order valence-electron chi connectivity index (χ4n) is 3.19. The van der Waals surface area contributed by atoms with Crippen LogP contribution in [0.4, 0.5) is 0 Å². The maximum Gasteiger partial charge on any atom is 0.261 e. The molecule has 0 saturated heterocycles. The van der Waals surface area contributed by atoms with E-state index in [4.69, 9.17) is 16.3 Å². The van der Waals surface area contributed by atoms with Crippen molar-refractivity contribution in [1.82, 2.24) is 10.2 Å². The van der Waals surface area contributed by atoms with Gasteiger partial charge >= 0.3 is 0 Å². The molecule has 0 fully saturated rings. The van der Waals surface area contributed by atoms with Crippen molar-refractivity contribution in [2.75, 3.05) is 13.2 Å². The number of hydrogen-bond donors (Lipinski definition) is 1. The average molecular weight is 431 g/mol. The minimum Gasteiger partial charge on any atom is -0.484 e. The zero-order valence-corrected chi connectivity index (χ0v) is 19.0. The molecule has 0 spiro atoms. The topological polar surface area (TPSA) is 58.6 Å². The van der Waals surface area contributed by atoms with Gasteiger partial charge in [-0.2, -0.15) is 0 Å². The Morgan fingerprint density at radius 2 is 1.83 bits per heavy atom. The Balaban J connectivity index is 2.13. The van der Waals surface area contributed by atoms with Crippen LogP contribution in [0, 0.1) is 13.8 Å². The number of benzene rings is 2. The van der Waals surface area contributed by atoms with E-state index in [1.54, 1.807) is 19.1 Å². The molecule has 0 aliphatic heterocycles. The largest absolute Gasteiger partial charge is 0.484 e. The van der Waals surface area contributed by atoms with Crippen LogP contribution in [0.3, 0.4) is 0 Å². The van der Waals surface area contributed by atoms with Crippen LogP contribution >= 0.6 is 11.6 Å². The molecule has 162 valence electrons. The van der Waals surface area contributed by atoms with Crippen LogP contribution in [0.2, 0.25) is 5.02 Å². The predicted octanol–water partition coefficient (Wildman–Crippen LogP) is 4.67. The Hall–Kier alpha value is -2.53. The first kappa shape index (κ1) is 23.7. The third-order valence-corrected chi connectivity index (χ3v) is 5.03. The summed E-state index contributed by atoms with van der Waals surface area (Å²) in [5.41, 5.74) is 2.99. The van der Waals surface area contributed by atoms with Crippen molar-refractivity contribution in [2.24, 2.45) is 0 Å². The lowest BCUT2D eigenvalue weighted by Crippen LogP contribution is -2.49. The molecule has 30 heavy (non-hydrogen) atoms. The number of hydrogen-bond acceptors (Lipinski definition) is 3. The van der Waals surface area contributed by atoms with Crippen molar-refractivity contribution >= 4 is 23.4 Å². The molecule has 0 aliphatic rings. The van der Waals surface area contributed by atoms with E-state index in [1.165, 1.54) is 4.90 Å². The second-order valence-corrected chi connectivity index (χ2v) is 8.02. The van der Waals surface area contributed by atoms with Gasteiger partial charge in [-0.05, 0) is 68.1 Å². The van der Waals surface area contributed by atoms with Gasteiger partial charge in [-0.15, -0.1) is 0 Å². The lowest BCUT2D eigenvalue weighted by atomic mass is 10.1. The lowest BCUT2D eigenvalue weighted by molar-refractivity contribution is -0.142. The number of aryl methyl sites for hydroxylation is 2. The smallest absolute Gasteiger partial charge is 0.261 e. The van der Waals surface area contributed by atoms with Crippen LogP contribution < -0.4 is 10.1 Å². The summed E-state index contributed by atoms with van der Waals surface area (Å²) in [5, 5.41) is 3.49. The highest BCUT2D eigenvalue weighted by Gasteiger charge is 2.26. The third-order valence-electron chi connectivity index (χ3n) is 4.80. The summed E-state index contributed by atoms with van der Waals surface area (Å²) in [6.45, 7) is 8.49. The first-order valence-electron chi connectivity index (χ1n) is 10.3. The van der Waals surface area contributed by atoms with E-state index in [0.717, 1.165) is 29.5 Å². The molecule has 0 aliphatic carbocycles. The summed E-state index contributed by atoms with van der Waals surface area (Å²) in [7, 11) is 0. The monoisotopic (exact) mass is 430 g/mol. The molecule has 5 nitrogen and oxygen atoms in total. The van der Waals surface area contributed by atoms with Crippen molar-refractivity contribution in [3.05, 3.63) is 64.2 Å². The maximum absolute atomic E-state index is 13.0. The van der Waals surface area contributed by atoms with E-state index in [0.29, 0.717) is 17.3 Å². The highest BCUT2D eigenvalue weighted by atomic mass is 35.5. The fourth-order valence-corrected chi connectivity index (χ4v) is 3.41. The van der Waals surface area contributed by atoms with Gasteiger partial charge in [-0.3, -0.25) is 9.59 Å². The Labute approximate surface area is 184 Å². The number of nitrogens with zero attached hydrogens (tertiary/aromatic N) is 1. The normalized spacial score (nSPS) is 11.6. The van der Waals surface area contributed by atoms with Crippen LogP contribution in [-0.2, 0) is 16.1 Å². The van der Waals surface area contributed by atoms with Gasteiger partial charge in [0.05, 0.1) is 0 Å². The second kappa shape index (κ2) is 11.6. The van der Waals surface area contributed by atoms with E-state index in [2.05, 4.69) is 12.2 Å². The standard InChI is InChI=1S/C24H31ClN2O3/c1-5-6-10-26-24(29)19(4)27(15-20-8-7-9-21(25)14-20)23(28)16-30-22-12-17(2)11-18(3)13-22/h7-9,11-14,19H,5-6,10,15-16H2,1-4H3,(H,26,29)/t19-/m1/s1. The SMILES string of the molecule is CCCCNC(=O)[C@@H](C)N(Cc1cccc(Cl)c1)C(=O)COc1cc(C)cc(C)c1. The molecule has 2 amide bonds. The zero-order chi connectivity index (χ0) is 22.1. The van der Waals surface area contributed by atoms with Gasteiger partial charge in [-0.1, -0.05) is 43.1 Å². The molecule has 0 heterocycles. The number of rotatable bonds is 10. The molecule has 2 aromatic rings. The Morgan fingerprint density at radius 3 is 2.47 bits per heavy atom. The van der Waals surface area contributed by atoms with Gasteiger partial charge in [-0.25, -0.2) is 0 Å². The number of unbranched alkanes of at least 4 members (excludes halogenated alkanes) is 1. The fraction of sp³-hybridized carbons (Fsp3) is 0.417. The van der Waals surface area contributed by atoms with Crippen molar-refractivity contribution < 1.29 is 14.3 Å². The minimum absolute atomic E-state index is 0.143. The molecule has 1 atom stereocenters. The molecule has 6 heteroatoms. The molecular weight excluding hydrogens is 400 g/mol. The molecule has 0 unspecified atom stereocenters. The first-order valence-corrected chi connectivity index (χ1v) is 10.7. The van der Waals surface area contributed by atoms with Crippen molar-refractivity contribution in [3.8, 4) is 5.75 Å². The summed E-state index contributed by atoms with van der Waals surface area (Å²) < 4.78 is 5.75. The van der Waals surface area contributed by atoms with Crippen molar-refractivity contribution in [1.29, 1.82) is 0 Å². The zero-order valence-electron chi connectivity index (χ0n) is 18.2. The highest BCUT2D eigenvalue weighted by molar-refractivity contribution is 6.30. The van der Waals surface area contributed by atoms with E-state index < -0.39 is 6.04 Å². The molecule has 0 saturated carbocycles. The van der Waals surface area contributed by atoms with E-state index in [1.807, 2.05) is 44.2 Å². The molecule has 0 radical (unpaired) electrons. The third kappa shape index (κ3) is 7.38. The van der Waals surface area contributed by atoms with Gasteiger partial charge in [0.15, 0.2) is 6.61 Å². The molecule has 2 aromatic carbocycles. The van der Waals surface area contributed by atoms with Gasteiger partial charge in [0.1, 0.15) is 11.8 Å². The highest BCUT2D eigenvalue weighted by Crippen LogP contribution is 2.18. The predicted molar refractivity (Wildman–Crippen MR) is 121 cm³/mol. The number of nitrogens with one attached hydrogen (secondary N) is 1. The van der Waals surface area contributed by atoms with Crippen LogP contribution in [-0.4, -0.2) is 35.9 Å². The molecule has 1 N–H and O–H groups in total. The maximum atomic E-state index is 13.0. The summed E-state index contributed by atoms with van der Waals surface area (Å²) in [6.07, 6.45) is 1.89. The minimum atomic E-state index is -0.629. The van der Waals surface area contributed by atoms with Gasteiger partial charge < -0.3 is 15.0 Å². The Morgan fingerprint density at radius 1 is 1.13 bits per heavy atom. The van der Waals surface area contributed by atoms with Crippen LogP contribution in [0.5, 0.6) is 5.75 Å². The van der Waals surface area contributed by atoms with Gasteiger partial charge in [0.2, 0.25) is 5.91 Å². The number of carbonyl (C=O) groups is 2. The number of halogens is 1. The van der Waals surface area contributed by atoms with Crippen LogP contribution in [0.1, 0.15) is 43.4 Å². The van der Waals surface area contributed by atoms with Crippen LogP contribution in [0.15, 0.2) is 42.5 Å². The van der Waals surface area contributed by atoms with E-state index in [-0.39, 0.29) is 25.0 Å². The Kier molecular flexibility index (Phi) is 9.18. The second-order valence-electron chi connectivity index (χ2n) is 7.58. The van der Waals surface area contributed by atoms with Crippen molar-refractivity contribution in [3.63, 3.8) is 0 Å². The van der Waals surface area contributed by atoms with Gasteiger partial charge in [0, 0.05) is 18.1 Å². The van der Waals surface area contributed by atoms with Crippen LogP contribution in [0.25, 0.3) is 0 Å². The summed E-state index contributed by atoms with van der Waals surface area (Å²) in [5.74, 6) is 0.209. The number of ether oxygens (including phenoxy) is 1. The summed E-state index contributed by atoms with van der Waals surface area (Å²) in [6, 6.07) is 12.5.